The summed E-state index contributed by atoms with van der Waals surface area (Å²) in [6, 6.07) is 3.79. The summed E-state index contributed by atoms with van der Waals surface area (Å²) in [6.45, 7) is 1.97. The molecule has 2 aromatic heterocycles. The van der Waals surface area contributed by atoms with Crippen molar-refractivity contribution in [2.24, 2.45) is 5.41 Å². The van der Waals surface area contributed by atoms with Gasteiger partial charge in [-0.3, -0.25) is 15.2 Å². The van der Waals surface area contributed by atoms with Gasteiger partial charge in [0.05, 0.1) is 23.9 Å². The lowest BCUT2D eigenvalue weighted by molar-refractivity contribution is -0.127. The zero-order valence-corrected chi connectivity index (χ0v) is 13.0. The van der Waals surface area contributed by atoms with Crippen molar-refractivity contribution < 1.29 is 13.9 Å². The zero-order valence-electron chi connectivity index (χ0n) is 13.0. The molecule has 0 saturated carbocycles. The Morgan fingerprint density at radius 2 is 2.39 bits per heavy atom. The normalized spacial score (nSPS) is 29.1. The Morgan fingerprint density at radius 3 is 3.09 bits per heavy atom. The number of carbonyl (C=O) groups excluding carboxylic acids is 1. The molecule has 4 rings (SSSR count). The summed E-state index contributed by atoms with van der Waals surface area (Å²) in [5.41, 5.74) is -0.474. The van der Waals surface area contributed by atoms with Gasteiger partial charge in [0, 0.05) is 12.8 Å². The highest BCUT2D eigenvalue weighted by atomic mass is 16.5. The molecular formula is C16H20N4O3. The van der Waals surface area contributed by atoms with Crippen LogP contribution in [0.4, 0.5) is 5.95 Å². The molecule has 2 aliphatic heterocycles. The third-order valence-corrected chi connectivity index (χ3v) is 4.93. The first-order chi connectivity index (χ1) is 11.1. The molecule has 23 heavy (non-hydrogen) atoms. The number of hydrogen-bond donors (Lipinski definition) is 2. The maximum atomic E-state index is 12.6. The van der Waals surface area contributed by atoms with E-state index < -0.39 is 5.41 Å². The van der Waals surface area contributed by atoms with Crippen LogP contribution in [0.25, 0.3) is 0 Å². The third kappa shape index (κ3) is 2.65. The Labute approximate surface area is 133 Å². The number of aromatic amines is 1. The molecule has 2 bridgehead atoms. The van der Waals surface area contributed by atoms with Crippen molar-refractivity contribution >= 4 is 11.9 Å². The van der Waals surface area contributed by atoms with Gasteiger partial charge in [-0.2, -0.15) is 4.98 Å². The predicted octanol–water partition coefficient (Wildman–Crippen LogP) is 2.08. The molecule has 0 unspecified atom stereocenters. The summed E-state index contributed by atoms with van der Waals surface area (Å²) in [6.07, 6.45) is 6.12. The molecule has 7 heteroatoms. The lowest BCUT2D eigenvalue weighted by Crippen LogP contribution is -2.41. The minimum Gasteiger partial charge on any atom is -0.469 e. The molecule has 1 amide bonds. The quantitative estimate of drug-likeness (QED) is 0.881. The van der Waals surface area contributed by atoms with Crippen LogP contribution in [0.15, 0.2) is 22.8 Å². The van der Waals surface area contributed by atoms with Gasteiger partial charge in [-0.25, -0.2) is 0 Å². The molecule has 2 aliphatic rings. The van der Waals surface area contributed by atoms with Gasteiger partial charge in [0.2, 0.25) is 11.9 Å². The van der Waals surface area contributed by atoms with E-state index in [1.54, 1.807) is 6.26 Å². The van der Waals surface area contributed by atoms with Crippen molar-refractivity contribution in [3.8, 4) is 0 Å². The summed E-state index contributed by atoms with van der Waals surface area (Å²) in [7, 11) is 0. The first kappa shape index (κ1) is 14.4. The van der Waals surface area contributed by atoms with E-state index in [1.165, 1.54) is 0 Å². The number of aryl methyl sites for hydroxylation is 2. The summed E-state index contributed by atoms with van der Waals surface area (Å²) < 4.78 is 11.1. The molecule has 0 aliphatic carbocycles. The number of carbonyl (C=O) groups is 1. The van der Waals surface area contributed by atoms with Crippen molar-refractivity contribution in [2.75, 3.05) is 5.32 Å². The second-order valence-electron chi connectivity index (χ2n) is 6.58. The van der Waals surface area contributed by atoms with Crippen LogP contribution < -0.4 is 5.32 Å². The maximum Gasteiger partial charge on any atom is 0.248 e. The van der Waals surface area contributed by atoms with Gasteiger partial charge >= 0.3 is 0 Å². The smallest absolute Gasteiger partial charge is 0.248 e. The van der Waals surface area contributed by atoms with Crippen molar-refractivity contribution in [3.63, 3.8) is 0 Å². The highest BCUT2D eigenvalue weighted by molar-refractivity contribution is 5.94. The highest BCUT2D eigenvalue weighted by Crippen LogP contribution is 2.47. The van der Waals surface area contributed by atoms with Gasteiger partial charge in [0.1, 0.15) is 11.6 Å². The molecule has 7 nitrogen and oxygen atoms in total. The van der Waals surface area contributed by atoms with Crippen LogP contribution in [-0.2, 0) is 22.4 Å². The number of H-pyrrole nitrogens is 1. The van der Waals surface area contributed by atoms with Gasteiger partial charge in [-0.05, 0) is 38.3 Å². The van der Waals surface area contributed by atoms with E-state index in [2.05, 4.69) is 20.5 Å². The van der Waals surface area contributed by atoms with Gasteiger partial charge in [-0.1, -0.05) is 0 Å². The average molecular weight is 316 g/mol. The number of ether oxygens (including phenoxy) is 1. The Bertz CT molecular complexity index is 696. The number of fused-ring (bicyclic) bond motifs is 2. The van der Waals surface area contributed by atoms with E-state index in [1.807, 2.05) is 19.1 Å². The van der Waals surface area contributed by atoms with E-state index >= 15 is 0 Å². The SMILES string of the molecule is C[C@]1(C(=O)Nc2n[nH]c(CCc3ccco3)n2)C[C@H]2CC[C@@H]1O2. The standard InChI is InChI=1S/C16H20N4O3/c1-16(9-11-4-6-12(16)23-11)14(21)18-15-17-13(19-20-15)7-5-10-3-2-8-22-10/h2-3,8,11-12H,4-7,9H2,1H3,(H2,17,18,19,20,21)/t11-,12+,16+/m1/s1. The first-order valence-corrected chi connectivity index (χ1v) is 8.04. The fourth-order valence-corrected chi connectivity index (χ4v) is 3.57. The van der Waals surface area contributed by atoms with E-state index in [0.29, 0.717) is 12.4 Å². The van der Waals surface area contributed by atoms with E-state index in [4.69, 9.17) is 9.15 Å². The average Bonchev–Trinajstić information content (AvgIpc) is 3.30. The van der Waals surface area contributed by atoms with Crippen LogP contribution in [0.2, 0.25) is 0 Å². The molecular weight excluding hydrogens is 296 g/mol. The van der Waals surface area contributed by atoms with Crippen LogP contribution in [-0.4, -0.2) is 33.3 Å². The molecule has 0 aromatic carbocycles. The van der Waals surface area contributed by atoms with E-state index in [9.17, 15) is 4.79 Å². The van der Waals surface area contributed by atoms with E-state index in [0.717, 1.165) is 37.3 Å². The summed E-state index contributed by atoms with van der Waals surface area (Å²) in [5.74, 6) is 1.90. The lowest BCUT2D eigenvalue weighted by atomic mass is 9.75. The van der Waals surface area contributed by atoms with Crippen molar-refractivity contribution in [1.82, 2.24) is 15.2 Å². The number of nitrogens with zero attached hydrogens (tertiary/aromatic N) is 2. The number of rotatable bonds is 5. The fraction of sp³-hybridized carbons (Fsp3) is 0.562. The molecule has 3 atom stereocenters. The van der Waals surface area contributed by atoms with Crippen molar-refractivity contribution in [2.45, 2.75) is 51.2 Å². The number of furan rings is 1. The molecule has 2 saturated heterocycles. The molecule has 2 N–H and O–H groups in total. The van der Waals surface area contributed by atoms with Crippen LogP contribution >= 0.6 is 0 Å². The van der Waals surface area contributed by atoms with Gasteiger partial charge in [-0.15, -0.1) is 5.10 Å². The van der Waals surface area contributed by atoms with Gasteiger partial charge in [0.25, 0.3) is 0 Å². The lowest BCUT2D eigenvalue weighted by Gasteiger charge is -2.28. The maximum absolute atomic E-state index is 12.6. The van der Waals surface area contributed by atoms with Crippen LogP contribution in [0.3, 0.4) is 0 Å². The second kappa shape index (κ2) is 5.49. The van der Waals surface area contributed by atoms with Crippen LogP contribution in [0.1, 0.15) is 37.8 Å². The number of aromatic nitrogens is 3. The molecule has 122 valence electrons. The first-order valence-electron chi connectivity index (χ1n) is 8.04. The largest absolute Gasteiger partial charge is 0.469 e. The number of anilines is 1. The minimum absolute atomic E-state index is 0.0184. The topological polar surface area (TPSA) is 93.0 Å². The number of nitrogens with one attached hydrogen (secondary N) is 2. The van der Waals surface area contributed by atoms with Gasteiger partial charge in [0.15, 0.2) is 0 Å². The zero-order chi connectivity index (χ0) is 15.9. The Hall–Kier alpha value is -2.15. The Morgan fingerprint density at radius 1 is 1.48 bits per heavy atom. The Balaban J connectivity index is 1.37. The summed E-state index contributed by atoms with van der Waals surface area (Å²) >= 11 is 0. The minimum atomic E-state index is -0.474. The fourth-order valence-electron chi connectivity index (χ4n) is 3.57. The van der Waals surface area contributed by atoms with Gasteiger partial charge < -0.3 is 9.15 Å². The summed E-state index contributed by atoms with van der Waals surface area (Å²) in [5, 5.41) is 9.77. The third-order valence-electron chi connectivity index (χ3n) is 4.93. The second-order valence-corrected chi connectivity index (χ2v) is 6.58. The van der Waals surface area contributed by atoms with Crippen molar-refractivity contribution in [1.29, 1.82) is 0 Å². The van der Waals surface area contributed by atoms with Crippen molar-refractivity contribution in [3.05, 3.63) is 30.0 Å². The number of amides is 1. The molecule has 0 radical (unpaired) electrons. The van der Waals surface area contributed by atoms with E-state index in [-0.39, 0.29) is 18.1 Å². The predicted molar refractivity (Wildman–Crippen MR) is 81.7 cm³/mol. The molecule has 2 aromatic rings. The molecule has 4 heterocycles. The summed E-state index contributed by atoms with van der Waals surface area (Å²) in [4.78, 5) is 16.9. The Kier molecular flexibility index (Phi) is 3.45. The van der Waals surface area contributed by atoms with Crippen LogP contribution in [0, 0.1) is 5.41 Å². The molecule has 0 spiro atoms. The number of hydrogen-bond acceptors (Lipinski definition) is 5. The highest BCUT2D eigenvalue weighted by Gasteiger charge is 2.54. The molecule has 2 fully saturated rings. The monoisotopic (exact) mass is 316 g/mol. The van der Waals surface area contributed by atoms with Crippen LogP contribution in [0.5, 0.6) is 0 Å².